The monoisotopic (exact) mass is 258 g/mol. The van der Waals surface area contributed by atoms with E-state index in [1.165, 1.54) is 5.57 Å². The summed E-state index contributed by atoms with van der Waals surface area (Å²) in [6, 6.07) is 4.15. The van der Waals surface area contributed by atoms with E-state index in [0.29, 0.717) is 0 Å². The second kappa shape index (κ2) is 3.22. The third-order valence-corrected chi connectivity index (χ3v) is 4.08. The highest BCUT2D eigenvalue weighted by molar-refractivity contribution is 5.82. The number of anilines is 1. The van der Waals surface area contributed by atoms with Gasteiger partial charge in [0.05, 0.1) is 11.9 Å². The van der Waals surface area contributed by atoms with Crippen LogP contribution in [0.25, 0.3) is 0 Å². The van der Waals surface area contributed by atoms with E-state index in [-0.39, 0.29) is 0 Å². The van der Waals surface area contributed by atoms with Crippen molar-refractivity contribution < 1.29 is 0 Å². The lowest BCUT2D eigenvalue weighted by molar-refractivity contribution is 0.640. The van der Waals surface area contributed by atoms with Gasteiger partial charge in [-0.25, -0.2) is 4.99 Å². The van der Waals surface area contributed by atoms with E-state index < -0.39 is 5.66 Å². The molecule has 1 atom stereocenters. The van der Waals surface area contributed by atoms with Crippen LogP contribution in [0.15, 0.2) is 75.6 Å². The lowest BCUT2D eigenvalue weighted by atomic mass is 9.91. The minimum Gasteiger partial charge on any atom is -0.314 e. The van der Waals surface area contributed by atoms with Crippen LogP contribution in [0.3, 0.4) is 0 Å². The predicted octanol–water partition coefficient (Wildman–Crippen LogP) is 1.37. The highest BCUT2D eigenvalue weighted by atomic mass is 15.3. The van der Waals surface area contributed by atoms with Gasteiger partial charge in [0.1, 0.15) is 10.7 Å². The zero-order valence-corrected chi connectivity index (χ0v) is 10.6. The first kappa shape index (κ1) is 10.1. The molecule has 0 amide bonds. The Hall–Kier alpha value is -2.75. The van der Waals surface area contributed by atoms with Gasteiger partial charge in [0, 0.05) is 17.3 Å². The molecule has 5 rings (SSSR count). The van der Waals surface area contributed by atoms with E-state index in [0.717, 1.165) is 22.0 Å². The third kappa shape index (κ3) is 1.01. The standard InChI is InChI=1S/C16H10N4/c1-2-8-16-12(4-1)5-3-9-20(16)13-7-6-11-10-17-19-14(11)15(13)18-16/h1-10H. The van der Waals surface area contributed by atoms with Gasteiger partial charge < -0.3 is 4.90 Å². The first-order chi connectivity index (χ1) is 9.88. The Bertz CT molecular complexity index is 915. The summed E-state index contributed by atoms with van der Waals surface area (Å²) in [5, 5.41) is 10.0. The molecule has 0 fully saturated rings. The van der Waals surface area contributed by atoms with Crippen LogP contribution >= 0.6 is 0 Å². The van der Waals surface area contributed by atoms with Gasteiger partial charge in [0.25, 0.3) is 0 Å². The fourth-order valence-electron chi connectivity index (χ4n) is 3.15. The summed E-state index contributed by atoms with van der Waals surface area (Å²) in [6.07, 6.45) is 16.4. The molecule has 0 radical (unpaired) electrons. The predicted molar refractivity (Wildman–Crippen MR) is 77.1 cm³/mol. The molecule has 1 aliphatic carbocycles. The summed E-state index contributed by atoms with van der Waals surface area (Å²) in [5.41, 5.74) is 2.85. The largest absolute Gasteiger partial charge is 0.314 e. The van der Waals surface area contributed by atoms with E-state index in [9.17, 15) is 0 Å². The molecule has 0 saturated heterocycles. The molecule has 20 heavy (non-hydrogen) atoms. The second-order valence-electron chi connectivity index (χ2n) is 5.11. The van der Waals surface area contributed by atoms with Crippen LogP contribution in [0, 0.1) is 0 Å². The van der Waals surface area contributed by atoms with Crippen molar-refractivity contribution in [3.63, 3.8) is 0 Å². The third-order valence-electron chi connectivity index (χ3n) is 4.08. The topological polar surface area (TPSA) is 40.3 Å². The molecular weight excluding hydrogens is 248 g/mol. The van der Waals surface area contributed by atoms with Gasteiger partial charge in [-0.15, -0.1) is 5.10 Å². The molecule has 0 N–H and O–H groups in total. The van der Waals surface area contributed by atoms with Crippen molar-refractivity contribution in [1.82, 2.24) is 0 Å². The van der Waals surface area contributed by atoms with Crippen LogP contribution in [-0.2, 0) is 0 Å². The molecule has 1 aromatic rings. The summed E-state index contributed by atoms with van der Waals surface area (Å²) in [6.45, 7) is 0. The smallest absolute Gasteiger partial charge is 0.182 e. The molecule has 1 unspecified atom stereocenters. The van der Waals surface area contributed by atoms with Gasteiger partial charge in [-0.2, -0.15) is 5.10 Å². The Labute approximate surface area is 115 Å². The van der Waals surface area contributed by atoms with Gasteiger partial charge in [0.15, 0.2) is 5.66 Å². The molecule has 94 valence electrons. The first-order valence-electron chi connectivity index (χ1n) is 6.57. The normalized spacial score (nSPS) is 26.4. The van der Waals surface area contributed by atoms with Crippen molar-refractivity contribution in [2.75, 3.05) is 4.90 Å². The number of nitrogens with zero attached hydrogens (tertiary/aromatic N) is 4. The molecule has 4 aliphatic rings. The Morgan fingerprint density at radius 2 is 2.05 bits per heavy atom. The van der Waals surface area contributed by atoms with E-state index in [1.54, 1.807) is 6.21 Å². The Kier molecular flexibility index (Phi) is 1.62. The minimum absolute atomic E-state index is 0.445. The number of hydrogen-bond donors (Lipinski definition) is 0. The average molecular weight is 258 g/mol. The number of fused-ring (bicyclic) bond motifs is 4. The first-order valence-corrected chi connectivity index (χ1v) is 6.57. The summed E-state index contributed by atoms with van der Waals surface area (Å²) in [7, 11) is 0. The van der Waals surface area contributed by atoms with E-state index >= 15 is 0 Å². The molecule has 4 heteroatoms. The van der Waals surface area contributed by atoms with Crippen LogP contribution in [0.4, 0.5) is 5.69 Å². The Morgan fingerprint density at radius 1 is 1.05 bits per heavy atom. The SMILES string of the molecule is C1=CC2=CC=CN3c4ccc5c(c4=NC23C=C1)=NN=C5. The van der Waals surface area contributed by atoms with Crippen molar-refractivity contribution >= 4 is 11.9 Å². The second-order valence-corrected chi connectivity index (χ2v) is 5.11. The molecule has 4 nitrogen and oxygen atoms in total. The minimum atomic E-state index is -0.445. The molecule has 1 spiro atoms. The van der Waals surface area contributed by atoms with Gasteiger partial charge in [-0.05, 0) is 24.3 Å². The molecule has 0 bridgehead atoms. The summed E-state index contributed by atoms with van der Waals surface area (Å²) in [5.74, 6) is 0. The Balaban J connectivity index is 1.90. The van der Waals surface area contributed by atoms with Crippen molar-refractivity contribution in [3.05, 3.63) is 76.6 Å². The quantitative estimate of drug-likeness (QED) is 0.693. The maximum atomic E-state index is 4.99. The fourth-order valence-corrected chi connectivity index (χ4v) is 3.15. The molecule has 3 aliphatic heterocycles. The Morgan fingerprint density at radius 3 is 3.05 bits per heavy atom. The van der Waals surface area contributed by atoms with Crippen LogP contribution < -0.4 is 15.6 Å². The lowest BCUT2D eigenvalue weighted by Gasteiger charge is -2.38. The number of rotatable bonds is 0. The van der Waals surface area contributed by atoms with Crippen LogP contribution in [0.1, 0.15) is 5.56 Å². The van der Waals surface area contributed by atoms with Gasteiger partial charge in [-0.3, -0.25) is 0 Å². The van der Waals surface area contributed by atoms with Gasteiger partial charge in [0.2, 0.25) is 0 Å². The average Bonchev–Trinajstić information content (AvgIpc) is 3.07. The van der Waals surface area contributed by atoms with Crippen molar-refractivity contribution in [3.8, 4) is 0 Å². The zero-order valence-electron chi connectivity index (χ0n) is 10.6. The maximum absolute atomic E-state index is 4.99. The van der Waals surface area contributed by atoms with Crippen LogP contribution in [0.2, 0.25) is 0 Å². The highest BCUT2D eigenvalue weighted by Gasteiger charge is 2.43. The summed E-state index contributed by atoms with van der Waals surface area (Å²) < 4.78 is 0. The molecule has 1 aromatic carbocycles. The number of hydrogen-bond acceptors (Lipinski definition) is 4. The summed E-state index contributed by atoms with van der Waals surface area (Å²) in [4.78, 5) is 7.19. The molecule has 3 heterocycles. The highest BCUT2D eigenvalue weighted by Crippen LogP contribution is 2.39. The fraction of sp³-hybridized carbons (Fsp3) is 0.0625. The molecule has 0 aromatic heterocycles. The lowest BCUT2D eigenvalue weighted by Crippen LogP contribution is -2.43. The molecular formula is C16H10N4. The van der Waals surface area contributed by atoms with Crippen molar-refractivity contribution in [1.29, 1.82) is 0 Å². The van der Waals surface area contributed by atoms with Gasteiger partial charge in [-0.1, -0.05) is 24.3 Å². The zero-order chi connectivity index (χ0) is 13.2. The van der Waals surface area contributed by atoms with Crippen molar-refractivity contribution in [2.45, 2.75) is 5.66 Å². The molecule has 0 saturated carbocycles. The van der Waals surface area contributed by atoms with Crippen LogP contribution in [0.5, 0.6) is 0 Å². The number of allylic oxidation sites excluding steroid dienone is 4. The summed E-state index contributed by atoms with van der Waals surface area (Å²) >= 11 is 0. The van der Waals surface area contributed by atoms with E-state index in [1.807, 2.05) is 12.2 Å². The van der Waals surface area contributed by atoms with Gasteiger partial charge >= 0.3 is 0 Å². The van der Waals surface area contributed by atoms with E-state index in [2.05, 4.69) is 57.7 Å². The van der Waals surface area contributed by atoms with Crippen molar-refractivity contribution in [2.24, 2.45) is 15.2 Å². The van der Waals surface area contributed by atoms with E-state index in [4.69, 9.17) is 4.99 Å². The number of benzene rings is 1. The maximum Gasteiger partial charge on any atom is 0.182 e. The van der Waals surface area contributed by atoms with Crippen LogP contribution in [-0.4, -0.2) is 11.9 Å².